The number of rotatable bonds is 4. The molecular formula is C20H17N7S. The van der Waals surface area contributed by atoms with Gasteiger partial charge >= 0.3 is 0 Å². The van der Waals surface area contributed by atoms with Gasteiger partial charge in [0.2, 0.25) is 0 Å². The number of nitrogens with zero attached hydrogens (tertiary/aromatic N) is 5. The van der Waals surface area contributed by atoms with E-state index in [0.29, 0.717) is 5.82 Å². The predicted octanol–water partition coefficient (Wildman–Crippen LogP) is 3.99. The minimum Gasteiger partial charge on any atom is -0.382 e. The number of aromatic nitrogens is 2. The molecule has 138 valence electrons. The quantitative estimate of drug-likeness (QED) is 0.652. The lowest BCUT2D eigenvalue weighted by molar-refractivity contribution is 0.993. The van der Waals surface area contributed by atoms with Crippen LogP contribution in [0.15, 0.2) is 70.8 Å². The van der Waals surface area contributed by atoms with Crippen molar-refractivity contribution in [1.82, 2.24) is 9.97 Å². The number of hydrogen-bond acceptors (Lipinski definition) is 8. The number of para-hydroxylation sites is 2. The summed E-state index contributed by atoms with van der Waals surface area (Å²) in [4.78, 5) is 14.0. The van der Waals surface area contributed by atoms with Gasteiger partial charge < -0.3 is 11.1 Å². The van der Waals surface area contributed by atoms with Gasteiger partial charge in [-0.2, -0.15) is 5.26 Å². The predicted molar refractivity (Wildman–Crippen MR) is 113 cm³/mol. The van der Waals surface area contributed by atoms with Crippen molar-refractivity contribution in [2.24, 2.45) is 4.99 Å². The van der Waals surface area contributed by atoms with Gasteiger partial charge in [-0.05, 0) is 43.1 Å². The van der Waals surface area contributed by atoms with Crippen LogP contribution in [0.3, 0.4) is 0 Å². The van der Waals surface area contributed by atoms with Gasteiger partial charge in [-0.3, -0.25) is 4.31 Å². The molecule has 1 aromatic heterocycles. The standard InChI is InChI=1S/C20H17N7S/c1-13(25-19-15(11-21)18(22)23-12-24-19)20-26-16-9-5-6-10-17(16)28-27(20)14-7-3-2-4-8-14/h2-10,12-13H,1H3,(H3,22,23,24,25). The average Bonchev–Trinajstić information content (AvgIpc) is 2.73. The molecule has 1 unspecified atom stereocenters. The number of nitrogen functional groups attached to an aromatic ring is 1. The molecule has 1 aliphatic heterocycles. The van der Waals surface area contributed by atoms with E-state index < -0.39 is 0 Å². The molecule has 7 nitrogen and oxygen atoms in total. The minimum atomic E-state index is -0.234. The lowest BCUT2D eigenvalue weighted by atomic mass is 10.2. The number of nitriles is 1. The third-order valence-corrected chi connectivity index (χ3v) is 5.34. The molecule has 0 bridgehead atoms. The zero-order valence-corrected chi connectivity index (χ0v) is 15.9. The summed E-state index contributed by atoms with van der Waals surface area (Å²) in [5.41, 5.74) is 7.96. The van der Waals surface area contributed by atoms with Crippen LogP contribution in [0.4, 0.5) is 23.0 Å². The molecule has 4 rings (SSSR count). The third kappa shape index (κ3) is 3.35. The second-order valence-corrected chi connectivity index (χ2v) is 7.11. The first-order valence-corrected chi connectivity index (χ1v) is 9.42. The normalized spacial score (nSPS) is 13.9. The Balaban J connectivity index is 1.73. The van der Waals surface area contributed by atoms with Gasteiger partial charge in [0.05, 0.1) is 22.3 Å². The Hall–Kier alpha value is -3.57. The van der Waals surface area contributed by atoms with Crippen LogP contribution in [0.5, 0.6) is 0 Å². The Morgan fingerprint density at radius 2 is 1.86 bits per heavy atom. The van der Waals surface area contributed by atoms with E-state index in [4.69, 9.17) is 10.7 Å². The zero-order chi connectivity index (χ0) is 19.5. The van der Waals surface area contributed by atoms with Crippen LogP contribution in [0.2, 0.25) is 0 Å². The summed E-state index contributed by atoms with van der Waals surface area (Å²) in [6.07, 6.45) is 1.34. The summed E-state index contributed by atoms with van der Waals surface area (Å²) in [5, 5.41) is 12.7. The molecule has 8 heteroatoms. The Morgan fingerprint density at radius 1 is 1.11 bits per heavy atom. The van der Waals surface area contributed by atoms with Gasteiger partial charge in [-0.15, -0.1) is 0 Å². The minimum absolute atomic E-state index is 0.150. The maximum Gasteiger partial charge on any atom is 0.150 e. The molecule has 3 aromatic rings. The van der Waals surface area contributed by atoms with E-state index in [0.717, 1.165) is 22.1 Å². The highest BCUT2D eigenvalue weighted by molar-refractivity contribution is 8.01. The fourth-order valence-corrected chi connectivity index (χ4v) is 3.91. The number of amidine groups is 1. The molecule has 0 spiro atoms. The molecule has 28 heavy (non-hydrogen) atoms. The summed E-state index contributed by atoms with van der Waals surface area (Å²) < 4.78 is 2.08. The lowest BCUT2D eigenvalue weighted by Crippen LogP contribution is -2.39. The highest BCUT2D eigenvalue weighted by atomic mass is 32.2. The molecular weight excluding hydrogens is 370 g/mol. The lowest BCUT2D eigenvalue weighted by Gasteiger charge is -2.32. The molecule has 1 atom stereocenters. The summed E-state index contributed by atoms with van der Waals surface area (Å²) in [6, 6.07) is 19.9. The molecule has 1 aliphatic rings. The first-order chi connectivity index (χ1) is 13.7. The highest BCUT2D eigenvalue weighted by Gasteiger charge is 2.27. The van der Waals surface area contributed by atoms with E-state index in [9.17, 15) is 5.26 Å². The summed E-state index contributed by atoms with van der Waals surface area (Å²) >= 11 is 1.61. The van der Waals surface area contributed by atoms with E-state index in [1.165, 1.54) is 6.33 Å². The van der Waals surface area contributed by atoms with Crippen LogP contribution in [0.25, 0.3) is 0 Å². The molecule has 0 saturated heterocycles. The van der Waals surface area contributed by atoms with Crippen molar-refractivity contribution >= 4 is 40.8 Å². The molecule has 0 amide bonds. The van der Waals surface area contributed by atoms with Crippen molar-refractivity contribution in [3.8, 4) is 6.07 Å². The fraction of sp³-hybridized carbons (Fsp3) is 0.100. The Bertz CT molecular complexity index is 1080. The van der Waals surface area contributed by atoms with Crippen molar-refractivity contribution in [2.45, 2.75) is 17.9 Å². The monoisotopic (exact) mass is 387 g/mol. The number of nitrogens with one attached hydrogen (secondary N) is 1. The van der Waals surface area contributed by atoms with Gasteiger partial charge in [0.15, 0.2) is 0 Å². The average molecular weight is 387 g/mol. The number of nitrogens with two attached hydrogens (primary N) is 1. The van der Waals surface area contributed by atoms with E-state index in [1.54, 1.807) is 11.9 Å². The van der Waals surface area contributed by atoms with Gasteiger partial charge in [-0.25, -0.2) is 15.0 Å². The van der Waals surface area contributed by atoms with Crippen LogP contribution in [-0.4, -0.2) is 21.8 Å². The fourth-order valence-electron chi connectivity index (χ4n) is 2.85. The first kappa shape index (κ1) is 17.8. The summed E-state index contributed by atoms with van der Waals surface area (Å²) in [6.45, 7) is 1.97. The van der Waals surface area contributed by atoms with Gasteiger partial charge in [-0.1, -0.05) is 30.3 Å². The van der Waals surface area contributed by atoms with Crippen LogP contribution >= 0.6 is 11.9 Å². The topological polar surface area (TPSA) is 103 Å². The Morgan fingerprint density at radius 3 is 2.64 bits per heavy atom. The number of hydrogen-bond donors (Lipinski definition) is 2. The van der Waals surface area contributed by atoms with Gasteiger partial charge in [0.1, 0.15) is 35.4 Å². The number of fused-ring (bicyclic) bond motifs is 1. The number of anilines is 3. The van der Waals surface area contributed by atoms with Crippen LogP contribution < -0.4 is 15.4 Å². The van der Waals surface area contributed by atoms with E-state index in [1.807, 2.05) is 61.5 Å². The second-order valence-electron chi connectivity index (χ2n) is 6.12. The number of aliphatic imine (C=N–C) groups is 1. The van der Waals surface area contributed by atoms with E-state index >= 15 is 0 Å². The molecule has 2 aromatic carbocycles. The van der Waals surface area contributed by atoms with Crippen molar-refractivity contribution < 1.29 is 0 Å². The SMILES string of the molecule is CC(Nc1ncnc(N)c1C#N)C1=Nc2ccccc2SN1c1ccccc1. The van der Waals surface area contributed by atoms with Crippen LogP contribution in [0.1, 0.15) is 12.5 Å². The van der Waals surface area contributed by atoms with Crippen LogP contribution in [0, 0.1) is 11.3 Å². The molecule has 0 saturated carbocycles. The maximum absolute atomic E-state index is 9.39. The highest BCUT2D eigenvalue weighted by Crippen LogP contribution is 2.40. The smallest absolute Gasteiger partial charge is 0.150 e. The summed E-state index contributed by atoms with van der Waals surface area (Å²) in [5.74, 6) is 1.34. The van der Waals surface area contributed by atoms with Crippen molar-refractivity contribution in [3.63, 3.8) is 0 Å². The second kappa shape index (κ2) is 7.58. The molecule has 0 radical (unpaired) electrons. The zero-order valence-electron chi connectivity index (χ0n) is 15.1. The van der Waals surface area contributed by atoms with Crippen molar-refractivity contribution in [1.29, 1.82) is 5.26 Å². The number of benzene rings is 2. The first-order valence-electron chi connectivity index (χ1n) is 8.65. The van der Waals surface area contributed by atoms with Crippen molar-refractivity contribution in [3.05, 3.63) is 66.5 Å². The van der Waals surface area contributed by atoms with Crippen LogP contribution in [-0.2, 0) is 0 Å². The summed E-state index contributed by atoms with van der Waals surface area (Å²) in [7, 11) is 0. The van der Waals surface area contributed by atoms with Gasteiger partial charge in [0, 0.05) is 0 Å². The molecule has 0 aliphatic carbocycles. The largest absolute Gasteiger partial charge is 0.382 e. The third-order valence-electron chi connectivity index (χ3n) is 4.22. The molecule has 3 N–H and O–H groups in total. The van der Waals surface area contributed by atoms with E-state index in [-0.39, 0.29) is 17.4 Å². The maximum atomic E-state index is 9.39. The van der Waals surface area contributed by atoms with Gasteiger partial charge in [0.25, 0.3) is 0 Å². The van der Waals surface area contributed by atoms with E-state index in [2.05, 4.69) is 25.7 Å². The Kier molecular flexibility index (Phi) is 4.83. The Labute approximate surface area is 167 Å². The molecule has 2 heterocycles. The molecule has 0 fully saturated rings. The van der Waals surface area contributed by atoms with Crippen molar-refractivity contribution in [2.75, 3.05) is 15.4 Å².